The number of nitrogens with one attached hydrogen (secondary N) is 1. The number of hydrogen-bond acceptors (Lipinski definition) is 3. The van der Waals surface area contributed by atoms with E-state index in [1.165, 1.54) is 0 Å². The summed E-state index contributed by atoms with van der Waals surface area (Å²) in [5.41, 5.74) is -3.96. The van der Waals surface area contributed by atoms with Crippen LogP contribution in [-0.4, -0.2) is 32.4 Å². The van der Waals surface area contributed by atoms with E-state index in [1.807, 2.05) is 0 Å². The van der Waals surface area contributed by atoms with Crippen LogP contribution in [0.3, 0.4) is 0 Å². The molecule has 0 saturated carbocycles. The summed E-state index contributed by atoms with van der Waals surface area (Å²) >= 11 is 0. The molecule has 1 heterocycles. The molecule has 25 heavy (non-hydrogen) atoms. The molecule has 11 heteroatoms. The standard InChI is InChI=1S/C14H13F6NO3S/c15-13(16,17)10-3-9(4-11(5-10)14(18,19)20)12(22)21-6-8-1-2-25(23,24)7-8/h3-5,8H,1-2,6-7H2,(H,21,22)/t8-/m0/s1. The van der Waals surface area contributed by atoms with Crippen molar-refractivity contribution in [1.29, 1.82) is 0 Å². The van der Waals surface area contributed by atoms with Gasteiger partial charge in [0.25, 0.3) is 5.91 Å². The largest absolute Gasteiger partial charge is 0.416 e. The van der Waals surface area contributed by atoms with E-state index in [-0.39, 0.29) is 30.5 Å². The van der Waals surface area contributed by atoms with E-state index in [9.17, 15) is 39.6 Å². The summed E-state index contributed by atoms with van der Waals surface area (Å²) < 4.78 is 99.1. The lowest BCUT2D eigenvalue weighted by Gasteiger charge is -2.15. The highest BCUT2D eigenvalue weighted by Gasteiger charge is 2.37. The van der Waals surface area contributed by atoms with E-state index in [0.29, 0.717) is 12.1 Å². The average Bonchev–Trinajstić information content (AvgIpc) is 2.82. The minimum atomic E-state index is -5.05. The zero-order chi connectivity index (χ0) is 19.0. The lowest BCUT2D eigenvalue weighted by atomic mass is 10.0. The molecule has 1 N–H and O–H groups in total. The first-order valence-corrected chi connectivity index (χ1v) is 8.88. The molecule has 1 amide bonds. The molecule has 1 aliphatic heterocycles. The summed E-state index contributed by atoms with van der Waals surface area (Å²) in [4.78, 5) is 11.9. The third-order valence-electron chi connectivity index (χ3n) is 3.73. The summed E-state index contributed by atoms with van der Waals surface area (Å²) in [5.74, 6) is -1.78. The number of rotatable bonds is 3. The molecule has 1 atom stereocenters. The summed E-state index contributed by atoms with van der Waals surface area (Å²) in [6.07, 6.45) is -9.81. The Balaban J connectivity index is 2.21. The van der Waals surface area contributed by atoms with Gasteiger partial charge in [0.2, 0.25) is 0 Å². The minimum Gasteiger partial charge on any atom is -0.352 e. The van der Waals surface area contributed by atoms with Crippen LogP contribution in [0.4, 0.5) is 26.3 Å². The number of halogens is 6. The van der Waals surface area contributed by atoms with Crippen molar-refractivity contribution in [2.24, 2.45) is 5.92 Å². The van der Waals surface area contributed by atoms with Crippen molar-refractivity contribution >= 4 is 15.7 Å². The van der Waals surface area contributed by atoms with E-state index < -0.39 is 50.7 Å². The molecule has 2 rings (SSSR count). The Hall–Kier alpha value is -1.78. The molecule has 1 aromatic carbocycles. The van der Waals surface area contributed by atoms with Crippen molar-refractivity contribution < 1.29 is 39.6 Å². The van der Waals surface area contributed by atoms with E-state index >= 15 is 0 Å². The number of alkyl halides is 6. The number of carbonyl (C=O) groups excluding carboxylic acids is 1. The van der Waals surface area contributed by atoms with Gasteiger partial charge in [0, 0.05) is 12.1 Å². The normalized spacial score (nSPS) is 20.5. The number of hydrogen-bond donors (Lipinski definition) is 1. The Morgan fingerprint density at radius 1 is 1.04 bits per heavy atom. The maximum Gasteiger partial charge on any atom is 0.416 e. The second kappa shape index (κ2) is 6.50. The molecular formula is C14H13F6NO3S. The Kier molecular flexibility index (Phi) is 5.08. The third kappa shape index (κ3) is 5.10. The van der Waals surface area contributed by atoms with Gasteiger partial charge in [-0.1, -0.05) is 0 Å². The predicted molar refractivity (Wildman–Crippen MR) is 75.5 cm³/mol. The monoisotopic (exact) mass is 389 g/mol. The fourth-order valence-corrected chi connectivity index (χ4v) is 4.32. The van der Waals surface area contributed by atoms with Crippen LogP contribution in [0.15, 0.2) is 18.2 Å². The fraction of sp³-hybridized carbons (Fsp3) is 0.500. The van der Waals surface area contributed by atoms with Gasteiger partial charge in [0.15, 0.2) is 9.84 Å². The molecule has 0 bridgehead atoms. The molecule has 0 radical (unpaired) electrons. The van der Waals surface area contributed by atoms with Gasteiger partial charge in [-0.05, 0) is 30.5 Å². The second-order valence-corrected chi connectivity index (χ2v) is 8.00. The maximum atomic E-state index is 12.8. The van der Waals surface area contributed by atoms with Crippen molar-refractivity contribution in [3.63, 3.8) is 0 Å². The Labute approximate surface area is 139 Å². The van der Waals surface area contributed by atoms with Gasteiger partial charge in [-0.3, -0.25) is 4.79 Å². The molecule has 0 aliphatic carbocycles. The SMILES string of the molecule is O=C(NC[C@@H]1CCS(=O)(=O)C1)c1cc(C(F)(F)F)cc(C(F)(F)F)c1. The van der Waals surface area contributed by atoms with Gasteiger partial charge >= 0.3 is 12.4 Å². The zero-order valence-corrected chi connectivity index (χ0v) is 13.4. The van der Waals surface area contributed by atoms with Crippen LogP contribution in [0.25, 0.3) is 0 Å². The van der Waals surface area contributed by atoms with Crippen molar-refractivity contribution in [1.82, 2.24) is 5.32 Å². The highest BCUT2D eigenvalue weighted by Crippen LogP contribution is 2.36. The van der Waals surface area contributed by atoms with Gasteiger partial charge in [0.05, 0.1) is 22.6 Å². The second-order valence-electron chi connectivity index (χ2n) is 5.77. The fourth-order valence-electron chi connectivity index (χ4n) is 2.46. The van der Waals surface area contributed by atoms with Gasteiger partial charge in [-0.2, -0.15) is 26.3 Å². The molecule has 4 nitrogen and oxygen atoms in total. The molecule has 1 aromatic rings. The van der Waals surface area contributed by atoms with Crippen molar-refractivity contribution in [3.8, 4) is 0 Å². The predicted octanol–water partition coefficient (Wildman–Crippen LogP) is 2.89. The van der Waals surface area contributed by atoms with E-state index in [2.05, 4.69) is 5.32 Å². The minimum absolute atomic E-state index is 0.0602. The number of amides is 1. The zero-order valence-electron chi connectivity index (χ0n) is 12.5. The number of carbonyl (C=O) groups is 1. The summed E-state index contributed by atoms with van der Waals surface area (Å²) in [6, 6.07) is 0.590. The van der Waals surface area contributed by atoms with Gasteiger partial charge in [-0.25, -0.2) is 8.42 Å². The first-order valence-electron chi connectivity index (χ1n) is 7.06. The molecule has 140 valence electrons. The summed E-state index contributed by atoms with van der Waals surface area (Å²) in [5, 5.41) is 2.20. The summed E-state index contributed by atoms with van der Waals surface area (Å²) in [7, 11) is -3.21. The van der Waals surface area contributed by atoms with E-state index in [4.69, 9.17) is 0 Å². The van der Waals surface area contributed by atoms with Crippen LogP contribution in [0.5, 0.6) is 0 Å². The van der Waals surface area contributed by atoms with Crippen LogP contribution in [0.2, 0.25) is 0 Å². The molecule has 1 saturated heterocycles. The first-order chi connectivity index (χ1) is 11.3. The molecule has 1 fully saturated rings. The number of sulfone groups is 1. The van der Waals surface area contributed by atoms with Crippen LogP contribution in [0.1, 0.15) is 27.9 Å². The molecule has 0 unspecified atom stereocenters. The first kappa shape index (κ1) is 19.5. The Morgan fingerprint density at radius 2 is 1.56 bits per heavy atom. The van der Waals surface area contributed by atoms with Gasteiger partial charge < -0.3 is 5.32 Å². The van der Waals surface area contributed by atoms with E-state index in [0.717, 1.165) is 0 Å². The van der Waals surface area contributed by atoms with Crippen LogP contribution in [-0.2, 0) is 22.2 Å². The molecule has 1 aliphatic rings. The lowest BCUT2D eigenvalue weighted by Crippen LogP contribution is -2.30. The smallest absolute Gasteiger partial charge is 0.352 e. The molecular weight excluding hydrogens is 376 g/mol. The van der Waals surface area contributed by atoms with Crippen LogP contribution >= 0.6 is 0 Å². The van der Waals surface area contributed by atoms with Crippen LogP contribution < -0.4 is 5.32 Å². The Bertz CT molecular complexity index is 738. The topological polar surface area (TPSA) is 63.2 Å². The summed E-state index contributed by atoms with van der Waals surface area (Å²) in [6.45, 7) is -0.143. The van der Waals surface area contributed by atoms with Gasteiger partial charge in [-0.15, -0.1) is 0 Å². The van der Waals surface area contributed by atoms with E-state index in [1.54, 1.807) is 0 Å². The highest BCUT2D eigenvalue weighted by molar-refractivity contribution is 7.91. The quantitative estimate of drug-likeness (QED) is 0.809. The highest BCUT2D eigenvalue weighted by atomic mass is 32.2. The van der Waals surface area contributed by atoms with Crippen molar-refractivity contribution in [2.75, 3.05) is 18.1 Å². The van der Waals surface area contributed by atoms with Crippen molar-refractivity contribution in [2.45, 2.75) is 18.8 Å². The average molecular weight is 389 g/mol. The van der Waals surface area contributed by atoms with Crippen LogP contribution in [0, 0.1) is 5.92 Å². The Morgan fingerprint density at radius 3 is 1.96 bits per heavy atom. The third-order valence-corrected chi connectivity index (χ3v) is 5.56. The van der Waals surface area contributed by atoms with Crippen molar-refractivity contribution in [3.05, 3.63) is 34.9 Å². The van der Waals surface area contributed by atoms with Gasteiger partial charge in [0.1, 0.15) is 0 Å². The molecule has 0 aromatic heterocycles. The maximum absolute atomic E-state index is 12.8. The lowest BCUT2D eigenvalue weighted by molar-refractivity contribution is -0.143. The number of benzene rings is 1. The molecule has 0 spiro atoms.